The molecular formula is C25H22N4O2. The lowest BCUT2D eigenvalue weighted by Gasteiger charge is -2.17. The van der Waals surface area contributed by atoms with Gasteiger partial charge in [0, 0.05) is 30.5 Å². The van der Waals surface area contributed by atoms with E-state index < -0.39 is 0 Å². The first-order valence-corrected chi connectivity index (χ1v) is 10.4. The Labute approximate surface area is 180 Å². The molecule has 0 spiro atoms. The zero-order chi connectivity index (χ0) is 21.2. The van der Waals surface area contributed by atoms with Crippen LogP contribution in [0, 0.1) is 10.1 Å². The van der Waals surface area contributed by atoms with Crippen molar-refractivity contribution in [3.05, 3.63) is 117 Å². The fraction of sp³-hybridized carbons (Fsp3) is 0.160. The van der Waals surface area contributed by atoms with Gasteiger partial charge in [0.05, 0.1) is 10.6 Å². The third-order valence-electron chi connectivity index (χ3n) is 5.84. The number of nitro benzene ring substituents is 1. The number of hydrogen-bond acceptors (Lipinski definition) is 4. The van der Waals surface area contributed by atoms with Gasteiger partial charge in [0.2, 0.25) is 0 Å². The van der Waals surface area contributed by atoms with Crippen molar-refractivity contribution in [2.24, 2.45) is 0 Å². The SMILES string of the molecule is O=[N+]([O-])c1ccccc1-n1nc(CC(c2ccccc2)c2ccccc2)c2c1NCC2. The molecule has 3 aromatic carbocycles. The second kappa shape index (κ2) is 8.07. The number of benzene rings is 3. The molecule has 0 saturated heterocycles. The Hall–Kier alpha value is -3.93. The minimum Gasteiger partial charge on any atom is -0.369 e. The monoisotopic (exact) mass is 410 g/mol. The van der Waals surface area contributed by atoms with Gasteiger partial charge in [0.1, 0.15) is 11.5 Å². The molecule has 154 valence electrons. The number of aromatic nitrogens is 2. The van der Waals surface area contributed by atoms with Gasteiger partial charge >= 0.3 is 0 Å². The Morgan fingerprint density at radius 3 is 2.19 bits per heavy atom. The van der Waals surface area contributed by atoms with E-state index in [0.717, 1.165) is 36.5 Å². The summed E-state index contributed by atoms with van der Waals surface area (Å²) in [6, 6.07) is 27.6. The van der Waals surface area contributed by atoms with Crippen LogP contribution in [0.25, 0.3) is 5.69 Å². The van der Waals surface area contributed by atoms with Gasteiger partial charge < -0.3 is 5.32 Å². The molecule has 4 aromatic rings. The van der Waals surface area contributed by atoms with Crippen molar-refractivity contribution in [1.82, 2.24) is 9.78 Å². The predicted octanol–water partition coefficient (Wildman–Crippen LogP) is 5.12. The highest BCUT2D eigenvalue weighted by molar-refractivity contribution is 5.62. The number of nitrogens with one attached hydrogen (secondary N) is 1. The molecule has 1 aliphatic rings. The Morgan fingerprint density at radius 2 is 1.55 bits per heavy atom. The normalized spacial score (nSPS) is 12.5. The molecule has 0 saturated carbocycles. The maximum atomic E-state index is 11.6. The molecule has 0 atom stereocenters. The van der Waals surface area contributed by atoms with Crippen molar-refractivity contribution >= 4 is 11.5 Å². The number of anilines is 1. The van der Waals surface area contributed by atoms with Crippen LogP contribution in [0.3, 0.4) is 0 Å². The minimum absolute atomic E-state index is 0.0516. The summed E-state index contributed by atoms with van der Waals surface area (Å²) in [4.78, 5) is 11.2. The van der Waals surface area contributed by atoms with E-state index in [-0.39, 0.29) is 16.5 Å². The third kappa shape index (κ3) is 3.57. The zero-order valence-corrected chi connectivity index (χ0v) is 16.9. The summed E-state index contributed by atoms with van der Waals surface area (Å²) in [6.07, 6.45) is 1.59. The van der Waals surface area contributed by atoms with Gasteiger partial charge in [0.15, 0.2) is 0 Å². The zero-order valence-electron chi connectivity index (χ0n) is 16.9. The molecule has 2 heterocycles. The first-order valence-electron chi connectivity index (χ1n) is 10.4. The molecule has 0 aliphatic carbocycles. The number of nitro groups is 1. The molecule has 1 N–H and O–H groups in total. The van der Waals surface area contributed by atoms with Crippen LogP contribution in [0.4, 0.5) is 11.5 Å². The number of para-hydroxylation sites is 2. The van der Waals surface area contributed by atoms with Gasteiger partial charge in [0.25, 0.3) is 5.69 Å². The van der Waals surface area contributed by atoms with Crippen LogP contribution in [0.15, 0.2) is 84.9 Å². The van der Waals surface area contributed by atoms with E-state index in [1.165, 1.54) is 17.2 Å². The Morgan fingerprint density at radius 1 is 0.935 bits per heavy atom. The molecule has 0 unspecified atom stereocenters. The lowest BCUT2D eigenvalue weighted by Crippen LogP contribution is -2.10. The highest BCUT2D eigenvalue weighted by atomic mass is 16.6. The van der Waals surface area contributed by atoms with Gasteiger partial charge in [-0.15, -0.1) is 0 Å². The van der Waals surface area contributed by atoms with Crippen molar-refractivity contribution in [1.29, 1.82) is 0 Å². The molecule has 1 aliphatic heterocycles. The van der Waals surface area contributed by atoms with Gasteiger partial charge in [-0.3, -0.25) is 10.1 Å². The molecule has 0 bridgehead atoms. The summed E-state index contributed by atoms with van der Waals surface area (Å²) in [6.45, 7) is 0.808. The lowest BCUT2D eigenvalue weighted by molar-refractivity contribution is -0.384. The standard InChI is InChI=1S/C25H22N4O2/c30-29(31)24-14-8-7-13-23(24)28-25-20(15-16-26-25)22(27-28)17-21(18-9-3-1-4-10-18)19-11-5-2-6-12-19/h1-14,21,26H,15-17H2. The topological polar surface area (TPSA) is 73.0 Å². The summed E-state index contributed by atoms with van der Waals surface area (Å²) in [5, 5.41) is 19.9. The first kappa shape index (κ1) is 19.1. The first-order chi connectivity index (χ1) is 15.2. The maximum Gasteiger partial charge on any atom is 0.294 e. The van der Waals surface area contributed by atoms with Gasteiger partial charge in [-0.05, 0) is 23.6 Å². The van der Waals surface area contributed by atoms with Crippen molar-refractivity contribution in [3.8, 4) is 5.69 Å². The number of nitrogens with zero attached hydrogens (tertiary/aromatic N) is 3. The Bertz CT molecular complexity index is 1180. The van der Waals surface area contributed by atoms with E-state index in [1.54, 1.807) is 16.8 Å². The van der Waals surface area contributed by atoms with Gasteiger partial charge in [-0.2, -0.15) is 5.10 Å². The van der Waals surface area contributed by atoms with Gasteiger partial charge in [-0.1, -0.05) is 72.8 Å². The molecule has 6 heteroatoms. The molecular weight excluding hydrogens is 388 g/mol. The van der Waals surface area contributed by atoms with E-state index in [2.05, 4.69) is 53.8 Å². The van der Waals surface area contributed by atoms with Crippen LogP contribution in [-0.2, 0) is 12.8 Å². The van der Waals surface area contributed by atoms with Crippen molar-refractivity contribution < 1.29 is 4.92 Å². The van der Waals surface area contributed by atoms with Crippen LogP contribution in [0.2, 0.25) is 0 Å². The highest BCUT2D eigenvalue weighted by Crippen LogP contribution is 2.36. The van der Waals surface area contributed by atoms with E-state index >= 15 is 0 Å². The molecule has 1 aromatic heterocycles. The molecule has 0 fully saturated rings. The van der Waals surface area contributed by atoms with E-state index in [4.69, 9.17) is 5.10 Å². The van der Waals surface area contributed by atoms with Crippen molar-refractivity contribution in [2.45, 2.75) is 18.8 Å². The fourth-order valence-corrected chi connectivity index (χ4v) is 4.37. The van der Waals surface area contributed by atoms with Crippen LogP contribution in [0.1, 0.15) is 28.3 Å². The highest BCUT2D eigenvalue weighted by Gasteiger charge is 2.28. The molecule has 0 radical (unpaired) electrons. The van der Waals surface area contributed by atoms with E-state index in [9.17, 15) is 10.1 Å². The second-order valence-corrected chi connectivity index (χ2v) is 7.69. The summed E-state index contributed by atoms with van der Waals surface area (Å²) in [5.41, 5.74) is 5.13. The van der Waals surface area contributed by atoms with Crippen LogP contribution in [-0.4, -0.2) is 21.2 Å². The molecule has 6 nitrogen and oxygen atoms in total. The Balaban J connectivity index is 1.60. The summed E-state index contributed by atoms with van der Waals surface area (Å²) < 4.78 is 1.71. The van der Waals surface area contributed by atoms with Crippen LogP contribution < -0.4 is 5.32 Å². The van der Waals surface area contributed by atoms with Crippen LogP contribution in [0.5, 0.6) is 0 Å². The van der Waals surface area contributed by atoms with Gasteiger partial charge in [-0.25, -0.2) is 4.68 Å². The summed E-state index contributed by atoms with van der Waals surface area (Å²) >= 11 is 0. The third-order valence-corrected chi connectivity index (χ3v) is 5.84. The maximum absolute atomic E-state index is 11.6. The second-order valence-electron chi connectivity index (χ2n) is 7.69. The Kier molecular flexibility index (Phi) is 4.96. The fourth-order valence-electron chi connectivity index (χ4n) is 4.37. The van der Waals surface area contributed by atoms with E-state index in [0.29, 0.717) is 5.69 Å². The summed E-state index contributed by atoms with van der Waals surface area (Å²) in [7, 11) is 0. The number of hydrogen-bond donors (Lipinski definition) is 1. The molecule has 31 heavy (non-hydrogen) atoms. The van der Waals surface area contributed by atoms with Crippen molar-refractivity contribution in [3.63, 3.8) is 0 Å². The quantitative estimate of drug-likeness (QED) is 0.354. The van der Waals surface area contributed by atoms with Crippen molar-refractivity contribution in [2.75, 3.05) is 11.9 Å². The molecule has 5 rings (SSSR count). The largest absolute Gasteiger partial charge is 0.369 e. The minimum atomic E-state index is -0.352. The van der Waals surface area contributed by atoms with Crippen LogP contribution >= 0.6 is 0 Å². The molecule has 0 amide bonds. The average Bonchev–Trinajstić information content (AvgIpc) is 3.42. The number of rotatable bonds is 6. The average molecular weight is 410 g/mol. The summed E-state index contributed by atoms with van der Waals surface area (Å²) in [5.74, 6) is 1.02. The number of fused-ring (bicyclic) bond motifs is 1. The predicted molar refractivity (Wildman–Crippen MR) is 121 cm³/mol. The van der Waals surface area contributed by atoms with E-state index in [1.807, 2.05) is 18.2 Å². The smallest absolute Gasteiger partial charge is 0.294 e. The lowest BCUT2D eigenvalue weighted by atomic mass is 9.86.